The van der Waals surface area contributed by atoms with Gasteiger partial charge in [-0.2, -0.15) is 0 Å². The predicted molar refractivity (Wildman–Crippen MR) is 114 cm³/mol. The van der Waals surface area contributed by atoms with Crippen molar-refractivity contribution in [2.75, 3.05) is 19.6 Å². The average Bonchev–Trinajstić information content (AvgIpc) is 3.34. The molecule has 1 aliphatic rings. The molecule has 3 heterocycles. The second kappa shape index (κ2) is 9.70. The number of halogens is 1. The molecule has 0 aliphatic carbocycles. The molecule has 1 atom stereocenters. The molecule has 1 aliphatic heterocycles. The van der Waals surface area contributed by atoms with Crippen LogP contribution in [0.1, 0.15) is 48.4 Å². The highest BCUT2D eigenvalue weighted by molar-refractivity contribution is 7.14. The summed E-state index contributed by atoms with van der Waals surface area (Å²) in [5, 5.41) is 12.7. The number of thiophene rings is 2. The van der Waals surface area contributed by atoms with Crippen LogP contribution in [0.25, 0.3) is 5.57 Å². The molecule has 0 spiro atoms. The van der Waals surface area contributed by atoms with Crippen molar-refractivity contribution in [1.82, 2.24) is 4.90 Å². The molecule has 0 amide bonds. The van der Waals surface area contributed by atoms with Crippen LogP contribution in [0.15, 0.2) is 29.0 Å². The quantitative estimate of drug-likeness (QED) is 0.677. The van der Waals surface area contributed by atoms with Gasteiger partial charge in [-0.3, -0.25) is 4.79 Å². The SMILES string of the molecule is Cl.[2H]C([2H])([2H])c1ccsc1C(=CCCN1CCC[C@@H](C(=O)O)C1)c1sccc1C([2H])([2H])[2H]. The molecule has 142 valence electrons. The molecule has 2 aromatic rings. The molecule has 1 N–H and O–H groups in total. The van der Waals surface area contributed by atoms with E-state index in [1.165, 1.54) is 22.7 Å². The Labute approximate surface area is 178 Å². The highest BCUT2D eigenvalue weighted by Gasteiger charge is 2.24. The molecule has 2 aromatic heterocycles. The first-order chi connectivity index (χ1) is 14.5. The molecule has 1 saturated heterocycles. The fraction of sp³-hybridized carbons (Fsp3) is 0.450. The molecule has 26 heavy (non-hydrogen) atoms. The summed E-state index contributed by atoms with van der Waals surface area (Å²) in [7, 11) is 0. The number of hydrogen-bond donors (Lipinski definition) is 1. The summed E-state index contributed by atoms with van der Waals surface area (Å²) in [6, 6.07) is 3.15. The lowest BCUT2D eigenvalue weighted by Gasteiger charge is -2.30. The van der Waals surface area contributed by atoms with Crippen molar-refractivity contribution < 1.29 is 18.1 Å². The normalized spacial score (nSPS) is 21.9. The molecular weight excluding hydrogens is 386 g/mol. The topological polar surface area (TPSA) is 40.5 Å². The Kier molecular flexibility index (Phi) is 5.20. The van der Waals surface area contributed by atoms with E-state index in [4.69, 9.17) is 8.22 Å². The minimum atomic E-state index is -2.30. The number of nitrogens with zero attached hydrogens (tertiary/aromatic N) is 1. The van der Waals surface area contributed by atoms with Crippen molar-refractivity contribution >= 4 is 46.6 Å². The van der Waals surface area contributed by atoms with Gasteiger partial charge in [0.2, 0.25) is 0 Å². The van der Waals surface area contributed by atoms with Gasteiger partial charge in [0, 0.05) is 36.6 Å². The van der Waals surface area contributed by atoms with E-state index >= 15 is 0 Å². The maximum atomic E-state index is 11.3. The van der Waals surface area contributed by atoms with Gasteiger partial charge in [0.1, 0.15) is 0 Å². The first kappa shape index (κ1) is 13.9. The average molecular weight is 418 g/mol. The van der Waals surface area contributed by atoms with Gasteiger partial charge in [-0.25, -0.2) is 0 Å². The Bertz CT molecular complexity index is 896. The summed E-state index contributed by atoms with van der Waals surface area (Å²) >= 11 is 2.59. The van der Waals surface area contributed by atoms with Crippen LogP contribution in [-0.4, -0.2) is 35.6 Å². The van der Waals surface area contributed by atoms with Gasteiger partial charge in [-0.05, 0) is 73.5 Å². The Balaban J connectivity index is 0.00000363. The van der Waals surface area contributed by atoms with Crippen LogP contribution >= 0.6 is 35.1 Å². The Morgan fingerprint density at radius 1 is 1.31 bits per heavy atom. The zero-order chi connectivity index (χ0) is 22.8. The van der Waals surface area contributed by atoms with E-state index in [2.05, 4.69) is 4.90 Å². The summed E-state index contributed by atoms with van der Waals surface area (Å²) in [6.07, 6.45) is 3.99. The van der Waals surface area contributed by atoms with Gasteiger partial charge in [-0.15, -0.1) is 35.1 Å². The number of aryl methyl sites for hydroxylation is 2. The van der Waals surface area contributed by atoms with Crippen LogP contribution < -0.4 is 0 Å². The number of piperidine rings is 1. The monoisotopic (exact) mass is 417 g/mol. The molecule has 0 saturated carbocycles. The Hall–Kier alpha value is -1.14. The van der Waals surface area contributed by atoms with Gasteiger partial charge >= 0.3 is 5.97 Å². The zero-order valence-electron chi connectivity index (χ0n) is 20.2. The predicted octanol–water partition coefficient (Wildman–Crippen LogP) is 5.47. The van der Waals surface area contributed by atoms with Gasteiger partial charge in [0.05, 0.1) is 5.92 Å². The maximum Gasteiger partial charge on any atom is 0.307 e. The fourth-order valence-corrected chi connectivity index (χ4v) is 4.94. The molecule has 3 rings (SSSR count). The third kappa shape index (κ3) is 4.97. The number of aliphatic carboxylic acids is 1. The first-order valence-electron chi connectivity index (χ1n) is 11.3. The van der Waals surface area contributed by atoms with Crippen molar-refractivity contribution in [3.8, 4) is 0 Å². The highest BCUT2D eigenvalue weighted by atomic mass is 35.5. The second-order valence-corrected chi connectivity index (χ2v) is 8.04. The molecule has 0 bridgehead atoms. The molecular formula is C20H26ClNO2S2. The number of likely N-dealkylation sites (tertiary alicyclic amines) is 1. The third-order valence-corrected chi connectivity index (χ3v) is 6.36. The van der Waals surface area contributed by atoms with E-state index in [9.17, 15) is 9.90 Å². The van der Waals surface area contributed by atoms with Crippen LogP contribution in [0.2, 0.25) is 0 Å². The van der Waals surface area contributed by atoms with Gasteiger partial charge < -0.3 is 10.0 Å². The van der Waals surface area contributed by atoms with Crippen LogP contribution in [-0.2, 0) is 4.79 Å². The van der Waals surface area contributed by atoms with Crippen LogP contribution in [0.5, 0.6) is 0 Å². The molecule has 6 heteroatoms. The first-order valence-corrected chi connectivity index (χ1v) is 10.1. The van der Waals surface area contributed by atoms with Gasteiger partial charge in [-0.1, -0.05) is 6.08 Å². The number of hydrogen-bond acceptors (Lipinski definition) is 4. The van der Waals surface area contributed by atoms with E-state index in [1.54, 1.807) is 22.9 Å². The van der Waals surface area contributed by atoms with E-state index in [0.717, 1.165) is 13.0 Å². The second-order valence-electron chi connectivity index (χ2n) is 6.21. The molecule has 0 unspecified atom stereocenters. The summed E-state index contributed by atoms with van der Waals surface area (Å²) in [5.41, 5.74) is 1.07. The maximum absolute atomic E-state index is 11.3. The number of carboxylic acids is 1. The van der Waals surface area contributed by atoms with Crippen LogP contribution in [0.4, 0.5) is 0 Å². The number of rotatable bonds is 6. The van der Waals surface area contributed by atoms with Crippen molar-refractivity contribution in [3.05, 3.63) is 49.9 Å². The molecule has 0 radical (unpaired) electrons. The highest BCUT2D eigenvalue weighted by Crippen LogP contribution is 2.35. The lowest BCUT2D eigenvalue weighted by molar-refractivity contribution is -0.143. The van der Waals surface area contributed by atoms with Crippen LogP contribution in [0.3, 0.4) is 0 Å². The van der Waals surface area contributed by atoms with Crippen LogP contribution in [0, 0.1) is 19.6 Å². The van der Waals surface area contributed by atoms with Crippen molar-refractivity contribution in [1.29, 1.82) is 0 Å². The minimum absolute atomic E-state index is 0. The van der Waals surface area contributed by atoms with E-state index < -0.39 is 19.7 Å². The summed E-state index contributed by atoms with van der Waals surface area (Å²) in [6.45, 7) is -2.64. The molecule has 3 nitrogen and oxygen atoms in total. The van der Waals surface area contributed by atoms with Crippen molar-refractivity contribution in [3.63, 3.8) is 0 Å². The van der Waals surface area contributed by atoms with Gasteiger partial charge in [0.25, 0.3) is 0 Å². The molecule has 0 aromatic carbocycles. The standard InChI is InChI=1S/C20H25NO2S2.ClH/c1-14-7-11-24-18(14)17(19-15(2)8-12-25-19)6-4-10-21-9-3-5-16(13-21)20(22)23;/h6-8,11-12,16H,3-5,9-10,13H2,1-2H3,(H,22,23);1H/t16-;/m1./s1/i1D3,2D3;. The number of carbonyl (C=O) groups is 1. The Morgan fingerprint density at radius 3 is 2.54 bits per heavy atom. The summed E-state index contributed by atoms with van der Waals surface area (Å²) in [5.74, 6) is -1.14. The summed E-state index contributed by atoms with van der Waals surface area (Å²) in [4.78, 5) is 14.5. The van der Waals surface area contributed by atoms with E-state index in [0.29, 0.717) is 41.3 Å². The smallest absolute Gasteiger partial charge is 0.307 e. The largest absolute Gasteiger partial charge is 0.481 e. The fourth-order valence-electron chi connectivity index (χ4n) is 3.18. The summed E-state index contributed by atoms with van der Waals surface area (Å²) < 4.78 is 47.2. The third-order valence-electron chi connectivity index (χ3n) is 4.47. The van der Waals surface area contributed by atoms with Crippen molar-refractivity contribution in [2.24, 2.45) is 5.92 Å². The number of carboxylic acid groups (broad SMARTS) is 1. The molecule has 1 fully saturated rings. The zero-order valence-corrected chi connectivity index (χ0v) is 16.7. The van der Waals surface area contributed by atoms with E-state index in [1.807, 2.05) is 6.08 Å². The lowest BCUT2D eigenvalue weighted by Crippen LogP contribution is -2.39. The van der Waals surface area contributed by atoms with Crippen molar-refractivity contribution in [2.45, 2.75) is 33.0 Å². The van der Waals surface area contributed by atoms with E-state index in [-0.39, 0.29) is 29.5 Å². The van der Waals surface area contributed by atoms with Gasteiger partial charge in [0.15, 0.2) is 0 Å². The lowest BCUT2D eigenvalue weighted by atomic mass is 9.98. The minimum Gasteiger partial charge on any atom is -0.481 e. The Morgan fingerprint density at radius 2 is 1.96 bits per heavy atom.